The van der Waals surface area contributed by atoms with E-state index in [2.05, 4.69) is 6.92 Å². The first-order chi connectivity index (χ1) is 8.81. The molecule has 0 saturated carbocycles. The molecule has 0 aromatic carbocycles. The fraction of sp³-hybridized carbons (Fsp3) is 0.917. The second-order valence-corrected chi connectivity index (χ2v) is 5.02. The second kappa shape index (κ2) is 17.4. The molecule has 0 aliphatic heterocycles. The molecular formula is C12H27NaO6S. The first-order valence-electron chi connectivity index (χ1n) is 6.66. The number of rotatable bonds is 9. The van der Waals surface area contributed by atoms with Crippen LogP contribution in [-0.2, 0) is 19.9 Å². The van der Waals surface area contributed by atoms with Crippen molar-refractivity contribution in [2.24, 2.45) is 0 Å². The van der Waals surface area contributed by atoms with Crippen molar-refractivity contribution in [2.45, 2.75) is 65.2 Å². The van der Waals surface area contributed by atoms with Crippen LogP contribution in [0.1, 0.15) is 66.6 Å². The average molecular weight is 322 g/mol. The van der Waals surface area contributed by atoms with E-state index >= 15 is 0 Å². The Hall–Kier alpha value is 0.340. The molecule has 0 aliphatic carbocycles. The van der Waals surface area contributed by atoms with Crippen molar-refractivity contribution in [2.75, 3.05) is 6.61 Å². The molecule has 0 heterocycles. The number of hydrogen-bond acceptors (Lipinski definition) is 4. The van der Waals surface area contributed by atoms with Gasteiger partial charge in [-0.2, -0.15) is 8.42 Å². The minimum Gasteiger partial charge on any atom is -1.00 e. The van der Waals surface area contributed by atoms with Gasteiger partial charge >= 0.3 is 45.9 Å². The molecule has 0 bridgehead atoms. The number of unbranched alkanes of at least 4 members (excludes halogenated alkanes) is 6. The summed E-state index contributed by atoms with van der Waals surface area (Å²) in [4.78, 5) is 11.0. The predicted molar refractivity (Wildman–Crippen MR) is 74.5 cm³/mol. The molecule has 118 valence electrons. The Labute approximate surface area is 146 Å². The molecule has 0 aromatic rings. The summed E-state index contributed by atoms with van der Waals surface area (Å²) in [7, 11) is -4.67. The quantitative estimate of drug-likeness (QED) is 0.271. The van der Waals surface area contributed by atoms with Gasteiger partial charge in [-0.1, -0.05) is 45.4 Å². The van der Waals surface area contributed by atoms with Crippen molar-refractivity contribution >= 4 is 16.4 Å². The maximum atomic E-state index is 11.0. The maximum Gasteiger partial charge on any atom is 1.00 e. The number of esters is 1. The van der Waals surface area contributed by atoms with Gasteiger partial charge in [-0.25, -0.2) is 0 Å². The Morgan fingerprint density at radius 1 is 1.00 bits per heavy atom. The van der Waals surface area contributed by atoms with Crippen LogP contribution in [0.25, 0.3) is 0 Å². The Morgan fingerprint density at radius 3 is 1.80 bits per heavy atom. The topological polar surface area (TPSA) is 101 Å². The van der Waals surface area contributed by atoms with Crippen LogP contribution >= 0.6 is 0 Å². The number of carbonyl (C=O) groups is 1. The predicted octanol–water partition coefficient (Wildman–Crippen LogP) is 0.154. The largest absolute Gasteiger partial charge is 1.00 e. The molecule has 0 rings (SSSR count). The first kappa shape index (κ1) is 25.3. The first-order valence-corrected chi connectivity index (χ1v) is 8.06. The van der Waals surface area contributed by atoms with Gasteiger partial charge in [0.15, 0.2) is 0 Å². The molecule has 0 aromatic heterocycles. The molecule has 0 spiro atoms. The van der Waals surface area contributed by atoms with Gasteiger partial charge in [0.05, 0.1) is 6.61 Å². The van der Waals surface area contributed by atoms with E-state index in [9.17, 15) is 4.79 Å². The van der Waals surface area contributed by atoms with Crippen LogP contribution in [0, 0.1) is 0 Å². The molecule has 6 nitrogen and oxygen atoms in total. The molecule has 0 aliphatic rings. The Bertz CT molecular complexity index is 303. The molecule has 0 amide bonds. The molecule has 20 heavy (non-hydrogen) atoms. The fourth-order valence-corrected chi connectivity index (χ4v) is 1.46. The SMILES string of the molecule is CCCCCCCCCC(=O)OCC.O=S(=O)(O)O.[H-].[Na+]. The molecule has 2 N–H and O–H groups in total. The maximum absolute atomic E-state index is 11.0. The summed E-state index contributed by atoms with van der Waals surface area (Å²) < 4.78 is 36.4. The smallest absolute Gasteiger partial charge is 1.00 e. The second-order valence-electron chi connectivity index (χ2n) is 4.12. The van der Waals surface area contributed by atoms with Gasteiger partial charge in [0.1, 0.15) is 0 Å². The monoisotopic (exact) mass is 322 g/mol. The van der Waals surface area contributed by atoms with Crippen LogP contribution in [0.4, 0.5) is 0 Å². The summed E-state index contributed by atoms with van der Waals surface area (Å²) in [6.45, 7) is 4.58. The van der Waals surface area contributed by atoms with Gasteiger partial charge in [0.2, 0.25) is 0 Å². The van der Waals surface area contributed by atoms with E-state index in [-0.39, 0.29) is 37.0 Å². The molecule has 0 atom stereocenters. The van der Waals surface area contributed by atoms with Gasteiger partial charge < -0.3 is 6.16 Å². The zero-order valence-corrected chi connectivity index (χ0v) is 15.6. The molecule has 0 radical (unpaired) electrons. The zero-order chi connectivity index (χ0) is 15.1. The molecule has 0 unspecified atom stereocenters. The molecule has 0 fully saturated rings. The van der Waals surface area contributed by atoms with Crippen molar-refractivity contribution in [3.8, 4) is 0 Å². The normalized spacial score (nSPS) is 10.0. The summed E-state index contributed by atoms with van der Waals surface area (Å²) >= 11 is 0. The fourth-order valence-electron chi connectivity index (χ4n) is 1.46. The van der Waals surface area contributed by atoms with E-state index in [1.807, 2.05) is 6.92 Å². The van der Waals surface area contributed by atoms with E-state index in [1.165, 1.54) is 38.5 Å². The van der Waals surface area contributed by atoms with Crippen LogP contribution < -0.4 is 29.6 Å². The summed E-state index contributed by atoms with van der Waals surface area (Å²) in [5.74, 6) is -0.0407. The Morgan fingerprint density at radius 2 is 1.40 bits per heavy atom. The van der Waals surface area contributed by atoms with E-state index in [1.54, 1.807) is 0 Å². The van der Waals surface area contributed by atoms with Gasteiger partial charge in [0.25, 0.3) is 0 Å². The minimum atomic E-state index is -4.67. The number of ether oxygens (including phenoxy) is 1. The van der Waals surface area contributed by atoms with Crippen LogP contribution in [0.15, 0.2) is 0 Å². The van der Waals surface area contributed by atoms with Gasteiger partial charge in [-0.15, -0.1) is 0 Å². The summed E-state index contributed by atoms with van der Waals surface area (Å²) in [5.41, 5.74) is 0. The van der Waals surface area contributed by atoms with Crippen LogP contribution in [0.3, 0.4) is 0 Å². The molecule has 8 heteroatoms. The zero-order valence-electron chi connectivity index (χ0n) is 13.8. The minimum absolute atomic E-state index is 0. The van der Waals surface area contributed by atoms with Crippen LogP contribution in [-0.4, -0.2) is 30.1 Å². The third-order valence-corrected chi connectivity index (χ3v) is 2.29. The Balaban J connectivity index is -0.000000179. The van der Waals surface area contributed by atoms with Gasteiger partial charge in [-0.3, -0.25) is 13.9 Å². The van der Waals surface area contributed by atoms with Gasteiger partial charge in [0, 0.05) is 6.42 Å². The van der Waals surface area contributed by atoms with E-state index in [0.717, 1.165) is 6.42 Å². The van der Waals surface area contributed by atoms with Gasteiger partial charge in [-0.05, 0) is 13.3 Å². The van der Waals surface area contributed by atoms with Crippen LogP contribution in [0.5, 0.6) is 0 Å². The number of hydrogen-bond donors (Lipinski definition) is 2. The van der Waals surface area contributed by atoms with E-state index < -0.39 is 10.4 Å². The third-order valence-electron chi connectivity index (χ3n) is 2.29. The van der Waals surface area contributed by atoms with Crippen molar-refractivity contribution < 1.29 is 58.0 Å². The molecule has 0 saturated heterocycles. The Kier molecular flexibility index (Phi) is 22.0. The summed E-state index contributed by atoms with van der Waals surface area (Å²) in [5, 5.41) is 0. The average Bonchev–Trinajstić information content (AvgIpc) is 2.26. The van der Waals surface area contributed by atoms with E-state index in [0.29, 0.717) is 13.0 Å². The van der Waals surface area contributed by atoms with Crippen molar-refractivity contribution in [3.63, 3.8) is 0 Å². The van der Waals surface area contributed by atoms with Crippen molar-refractivity contribution in [3.05, 3.63) is 0 Å². The van der Waals surface area contributed by atoms with Crippen molar-refractivity contribution in [1.29, 1.82) is 0 Å². The molecular weight excluding hydrogens is 295 g/mol. The number of carbonyl (C=O) groups excluding carboxylic acids is 1. The standard InChI is InChI=1S/C12H24O2.Na.H2O4S.H/c1-3-5-6-7-8-9-10-11-12(13)14-4-2;;1-5(2,3)4;/h3-11H2,1-2H3;;(H2,1,2,3,4);/q;+1;;-1. The van der Waals surface area contributed by atoms with E-state index in [4.69, 9.17) is 22.3 Å². The summed E-state index contributed by atoms with van der Waals surface area (Å²) in [6.07, 6.45) is 9.32. The summed E-state index contributed by atoms with van der Waals surface area (Å²) in [6, 6.07) is 0. The van der Waals surface area contributed by atoms with Crippen molar-refractivity contribution in [1.82, 2.24) is 0 Å². The third kappa shape index (κ3) is 36.2. The van der Waals surface area contributed by atoms with Crippen LogP contribution in [0.2, 0.25) is 0 Å².